The molecule has 2 atom stereocenters. The van der Waals surface area contributed by atoms with Crippen LogP contribution in [0.2, 0.25) is 0 Å². The average molecular weight is 441 g/mol. The fourth-order valence-corrected chi connectivity index (χ4v) is 3.84. The Kier molecular flexibility index (Phi) is 21.4. The summed E-state index contributed by atoms with van der Waals surface area (Å²) in [5.74, 6) is -0.0486. The Labute approximate surface area is 193 Å². The van der Waals surface area contributed by atoms with Crippen LogP contribution in [0.25, 0.3) is 0 Å². The smallest absolute Gasteiger partial charge is 0.306 e. The molecule has 0 aliphatic rings. The van der Waals surface area contributed by atoms with E-state index in [1.165, 1.54) is 32.1 Å². The van der Waals surface area contributed by atoms with Crippen molar-refractivity contribution < 1.29 is 19.1 Å². The maximum atomic E-state index is 12.1. The predicted octanol–water partition coefficient (Wildman–Crippen LogP) is 8.30. The molecular formula is C27H52O4. The molecule has 0 amide bonds. The molecule has 0 aliphatic heterocycles. The van der Waals surface area contributed by atoms with E-state index in [-0.39, 0.29) is 24.1 Å². The molecule has 31 heavy (non-hydrogen) atoms. The largest absolute Gasteiger partial charge is 0.463 e. The van der Waals surface area contributed by atoms with Gasteiger partial charge < -0.3 is 9.47 Å². The molecule has 4 nitrogen and oxygen atoms in total. The lowest BCUT2D eigenvalue weighted by atomic mass is 10.0. The molecule has 184 valence electrons. The molecule has 2 unspecified atom stereocenters. The Morgan fingerprint density at radius 3 is 1.52 bits per heavy atom. The Balaban J connectivity index is 3.88. The number of ether oxygens (including phenoxy) is 2. The van der Waals surface area contributed by atoms with Crippen LogP contribution in [-0.2, 0) is 19.1 Å². The van der Waals surface area contributed by atoms with E-state index in [9.17, 15) is 9.59 Å². The van der Waals surface area contributed by atoms with Crippen molar-refractivity contribution in [2.45, 2.75) is 162 Å². The van der Waals surface area contributed by atoms with Crippen LogP contribution < -0.4 is 0 Å². The first-order chi connectivity index (χ1) is 15.0. The summed E-state index contributed by atoms with van der Waals surface area (Å²) in [5, 5.41) is 0. The van der Waals surface area contributed by atoms with Gasteiger partial charge in [-0.1, -0.05) is 78.6 Å². The maximum absolute atomic E-state index is 12.1. The third-order valence-corrected chi connectivity index (χ3v) is 5.87. The van der Waals surface area contributed by atoms with Gasteiger partial charge in [0.25, 0.3) is 0 Å². The van der Waals surface area contributed by atoms with Crippen LogP contribution in [0.1, 0.15) is 150 Å². The van der Waals surface area contributed by atoms with Crippen molar-refractivity contribution in [3.63, 3.8) is 0 Å². The number of rotatable bonds is 22. The fraction of sp³-hybridized carbons (Fsp3) is 0.926. The van der Waals surface area contributed by atoms with E-state index < -0.39 is 0 Å². The van der Waals surface area contributed by atoms with Gasteiger partial charge in [-0.15, -0.1) is 0 Å². The number of hydrogen-bond acceptors (Lipinski definition) is 4. The van der Waals surface area contributed by atoms with Gasteiger partial charge in [-0.25, -0.2) is 0 Å². The standard InChI is InChI=1S/C27H52O4/c1-5-8-14-20-25(31-27(29)23-16-10-7-3)21-18-13-11-12-17-19-24(4)30-26(28)22-15-9-6-2/h24-25H,5-23H2,1-4H3. The Bertz CT molecular complexity index is 421. The third kappa shape index (κ3) is 20.6. The highest BCUT2D eigenvalue weighted by Crippen LogP contribution is 2.17. The maximum Gasteiger partial charge on any atom is 0.306 e. The topological polar surface area (TPSA) is 52.6 Å². The first kappa shape index (κ1) is 29.9. The lowest BCUT2D eigenvalue weighted by molar-refractivity contribution is -0.150. The second-order valence-electron chi connectivity index (χ2n) is 9.17. The van der Waals surface area contributed by atoms with E-state index in [2.05, 4.69) is 20.8 Å². The van der Waals surface area contributed by atoms with E-state index in [1.54, 1.807) is 0 Å². The summed E-state index contributed by atoms with van der Waals surface area (Å²) < 4.78 is 11.3. The molecule has 0 radical (unpaired) electrons. The summed E-state index contributed by atoms with van der Waals surface area (Å²) in [4.78, 5) is 23.8. The quantitative estimate of drug-likeness (QED) is 0.125. The zero-order chi connectivity index (χ0) is 23.2. The van der Waals surface area contributed by atoms with Crippen LogP contribution in [0.5, 0.6) is 0 Å². The highest BCUT2D eigenvalue weighted by Gasteiger charge is 2.14. The van der Waals surface area contributed by atoms with E-state index >= 15 is 0 Å². The fourth-order valence-electron chi connectivity index (χ4n) is 3.84. The van der Waals surface area contributed by atoms with Crippen LogP contribution in [0.4, 0.5) is 0 Å². The number of unbranched alkanes of at least 4 members (excludes halogenated alkanes) is 10. The molecule has 4 heteroatoms. The SMILES string of the molecule is CCCCCC(=O)OC(C)CCCCCCCC(CCCCC)OC(=O)CCCCC. The third-order valence-electron chi connectivity index (χ3n) is 5.87. The molecule has 0 fully saturated rings. The molecule has 0 N–H and O–H groups in total. The Morgan fingerprint density at radius 1 is 0.548 bits per heavy atom. The molecule has 0 aromatic carbocycles. The monoisotopic (exact) mass is 440 g/mol. The number of hydrogen-bond donors (Lipinski definition) is 0. The molecule has 0 aliphatic carbocycles. The highest BCUT2D eigenvalue weighted by atomic mass is 16.5. The molecule has 0 aromatic heterocycles. The van der Waals surface area contributed by atoms with Gasteiger partial charge in [0.05, 0.1) is 6.10 Å². The van der Waals surface area contributed by atoms with Crippen molar-refractivity contribution in [1.82, 2.24) is 0 Å². The zero-order valence-electron chi connectivity index (χ0n) is 21.2. The number of carbonyl (C=O) groups is 2. The van der Waals surface area contributed by atoms with Gasteiger partial charge in [-0.05, 0) is 58.3 Å². The van der Waals surface area contributed by atoms with Gasteiger partial charge in [-0.2, -0.15) is 0 Å². The van der Waals surface area contributed by atoms with Gasteiger partial charge >= 0.3 is 11.9 Å². The molecule has 0 spiro atoms. The van der Waals surface area contributed by atoms with E-state index in [0.29, 0.717) is 12.8 Å². The summed E-state index contributed by atoms with van der Waals surface area (Å²) in [5.41, 5.74) is 0. The van der Waals surface area contributed by atoms with Gasteiger partial charge in [0.2, 0.25) is 0 Å². The van der Waals surface area contributed by atoms with Crippen molar-refractivity contribution in [3.8, 4) is 0 Å². The van der Waals surface area contributed by atoms with E-state index in [4.69, 9.17) is 9.47 Å². The molecule has 0 bridgehead atoms. The molecular weight excluding hydrogens is 388 g/mol. The van der Waals surface area contributed by atoms with E-state index in [0.717, 1.165) is 77.0 Å². The van der Waals surface area contributed by atoms with Crippen molar-refractivity contribution in [1.29, 1.82) is 0 Å². The van der Waals surface area contributed by atoms with Crippen LogP contribution >= 0.6 is 0 Å². The summed E-state index contributed by atoms with van der Waals surface area (Å²) >= 11 is 0. The summed E-state index contributed by atoms with van der Waals surface area (Å²) in [6.07, 6.45) is 19.9. The molecule has 0 saturated carbocycles. The van der Waals surface area contributed by atoms with Gasteiger partial charge in [-0.3, -0.25) is 9.59 Å². The first-order valence-corrected chi connectivity index (χ1v) is 13.4. The van der Waals surface area contributed by atoms with Gasteiger partial charge in [0.15, 0.2) is 0 Å². The van der Waals surface area contributed by atoms with Crippen molar-refractivity contribution in [2.24, 2.45) is 0 Å². The van der Waals surface area contributed by atoms with Gasteiger partial charge in [0.1, 0.15) is 6.10 Å². The zero-order valence-corrected chi connectivity index (χ0v) is 21.2. The molecule has 0 saturated heterocycles. The van der Waals surface area contributed by atoms with Crippen LogP contribution in [0, 0.1) is 0 Å². The lowest BCUT2D eigenvalue weighted by Gasteiger charge is -2.18. The summed E-state index contributed by atoms with van der Waals surface area (Å²) in [6, 6.07) is 0. The molecule has 0 aromatic rings. The molecule has 0 rings (SSSR count). The minimum absolute atomic E-state index is 0.00632. The van der Waals surface area contributed by atoms with Crippen molar-refractivity contribution >= 4 is 11.9 Å². The van der Waals surface area contributed by atoms with Crippen molar-refractivity contribution in [2.75, 3.05) is 0 Å². The van der Waals surface area contributed by atoms with Gasteiger partial charge in [0, 0.05) is 12.8 Å². The summed E-state index contributed by atoms with van der Waals surface area (Å²) in [6.45, 7) is 8.51. The average Bonchev–Trinajstić information content (AvgIpc) is 2.73. The minimum Gasteiger partial charge on any atom is -0.463 e. The van der Waals surface area contributed by atoms with Crippen LogP contribution in [0.15, 0.2) is 0 Å². The normalized spacial score (nSPS) is 13.0. The number of esters is 2. The highest BCUT2D eigenvalue weighted by molar-refractivity contribution is 5.69. The Hall–Kier alpha value is -1.06. The van der Waals surface area contributed by atoms with Crippen molar-refractivity contribution in [3.05, 3.63) is 0 Å². The second-order valence-corrected chi connectivity index (χ2v) is 9.17. The summed E-state index contributed by atoms with van der Waals surface area (Å²) in [7, 11) is 0. The predicted molar refractivity (Wildman–Crippen MR) is 130 cm³/mol. The Morgan fingerprint density at radius 2 is 0.968 bits per heavy atom. The number of carbonyl (C=O) groups excluding carboxylic acids is 2. The second kappa shape index (κ2) is 22.1. The first-order valence-electron chi connectivity index (χ1n) is 13.4. The molecule has 0 heterocycles. The lowest BCUT2D eigenvalue weighted by Crippen LogP contribution is -2.18. The van der Waals surface area contributed by atoms with E-state index in [1.807, 2.05) is 6.92 Å². The van der Waals surface area contributed by atoms with Crippen LogP contribution in [-0.4, -0.2) is 24.1 Å². The van der Waals surface area contributed by atoms with Crippen LogP contribution in [0.3, 0.4) is 0 Å². The minimum atomic E-state index is -0.0423.